The highest BCUT2D eigenvalue weighted by Crippen LogP contribution is 2.45. The van der Waals surface area contributed by atoms with Crippen LogP contribution in [0.3, 0.4) is 0 Å². The molecule has 0 spiro atoms. The smallest absolute Gasteiger partial charge is 0.293 e. The van der Waals surface area contributed by atoms with Gasteiger partial charge >= 0.3 is 5.69 Å². The third-order valence-electron chi connectivity index (χ3n) is 6.56. The number of aromatic nitrogens is 5. The number of hydrogen-bond donors (Lipinski definition) is 1. The molecule has 1 fully saturated rings. The number of hydrogen-bond acceptors (Lipinski definition) is 6. The molecule has 0 saturated heterocycles. The molecule has 0 amide bonds. The van der Waals surface area contributed by atoms with Crippen LogP contribution in [0, 0.1) is 0 Å². The number of anilines is 1. The number of thiol groups is 1. The quantitative estimate of drug-likeness (QED) is 0.340. The summed E-state index contributed by atoms with van der Waals surface area (Å²) >= 11 is 0. The van der Waals surface area contributed by atoms with Gasteiger partial charge in [0, 0.05) is 43.7 Å². The molecule has 12 heteroatoms. The molecule has 0 radical (unpaired) electrons. The summed E-state index contributed by atoms with van der Waals surface area (Å²) in [5, 5.41) is 4.28. The summed E-state index contributed by atoms with van der Waals surface area (Å²) in [6, 6.07) is 10.0. The van der Waals surface area contributed by atoms with E-state index >= 15 is 0 Å². The Balaban J connectivity index is 1.67. The van der Waals surface area contributed by atoms with Crippen molar-refractivity contribution in [3.63, 3.8) is 0 Å². The number of rotatable bonds is 9. The maximum atomic E-state index is 13.8. The summed E-state index contributed by atoms with van der Waals surface area (Å²) in [5.74, 6) is 0. The fourth-order valence-corrected chi connectivity index (χ4v) is 5.41. The van der Waals surface area contributed by atoms with Crippen molar-refractivity contribution in [3.05, 3.63) is 87.1 Å². The molecule has 1 saturated carbocycles. The fourth-order valence-electron chi connectivity index (χ4n) is 4.50. The average Bonchev–Trinajstić information content (AvgIpc) is 3.55. The van der Waals surface area contributed by atoms with E-state index in [4.69, 9.17) is 0 Å². The van der Waals surface area contributed by atoms with E-state index in [0.29, 0.717) is 30.3 Å². The molecule has 3 heterocycles. The van der Waals surface area contributed by atoms with Crippen molar-refractivity contribution >= 4 is 27.5 Å². The molecule has 0 unspecified atom stereocenters. The van der Waals surface area contributed by atoms with Gasteiger partial charge in [-0.2, -0.15) is 5.10 Å². The lowest BCUT2D eigenvalue weighted by molar-refractivity contribution is 0.417. The van der Waals surface area contributed by atoms with Crippen LogP contribution in [0.5, 0.6) is 0 Å². The van der Waals surface area contributed by atoms with Gasteiger partial charge in [-0.25, -0.2) is 17.6 Å². The summed E-state index contributed by atoms with van der Waals surface area (Å²) < 4.78 is 43.2. The molecule has 4 aromatic rings. The minimum absolute atomic E-state index is 0.00319. The van der Waals surface area contributed by atoms with Crippen LogP contribution < -0.4 is 15.6 Å². The number of fused-ring (bicyclic) bond motifs is 1. The normalized spacial score (nSPS) is 14.4. The Morgan fingerprint density at radius 3 is 2.56 bits per heavy atom. The Labute approximate surface area is 207 Å². The van der Waals surface area contributed by atoms with Gasteiger partial charge in [0.15, 0.2) is 0 Å². The molecule has 3 aromatic heterocycles. The summed E-state index contributed by atoms with van der Waals surface area (Å²) in [4.78, 5) is 31.3. The van der Waals surface area contributed by atoms with E-state index in [1.807, 2.05) is 12.1 Å². The molecular formula is C24H25FN6O4S. The highest BCUT2D eigenvalue weighted by molar-refractivity contribution is 7.74. The number of nitrogens with zero attached hydrogens (tertiary/aromatic N) is 6. The van der Waals surface area contributed by atoms with Gasteiger partial charge in [-0.15, -0.1) is 0 Å². The molecule has 0 atom stereocenters. The Morgan fingerprint density at radius 1 is 1.14 bits per heavy atom. The minimum atomic E-state index is -3.14. The molecule has 0 aliphatic heterocycles. The van der Waals surface area contributed by atoms with Gasteiger partial charge < -0.3 is 0 Å². The van der Waals surface area contributed by atoms with E-state index in [2.05, 4.69) is 10.1 Å². The van der Waals surface area contributed by atoms with Gasteiger partial charge in [0.05, 0.1) is 34.9 Å². The van der Waals surface area contributed by atoms with Gasteiger partial charge in [-0.3, -0.25) is 27.9 Å². The zero-order valence-electron chi connectivity index (χ0n) is 19.6. The first kappa shape index (κ1) is 23.9. The number of aryl methyl sites for hydroxylation is 3. The Kier molecular flexibility index (Phi) is 6.20. The standard InChI is InChI=1S/C24H25FN6O4S/c1-28-14-17(13-27-28)15-30-22(32)20-12-19(31(36(34)35)24(16-25)8-9-24)5-6-21(20)29(23(30)33)11-7-18-4-2-3-10-26-18/h2-6,10,12-14,36H,7-9,11,15-16H2,1H3. The molecule has 5 rings (SSSR count). The molecule has 1 aliphatic carbocycles. The highest BCUT2D eigenvalue weighted by Gasteiger charge is 2.50. The van der Waals surface area contributed by atoms with E-state index in [-0.39, 0.29) is 24.2 Å². The molecule has 0 bridgehead atoms. The lowest BCUT2D eigenvalue weighted by atomic mass is 10.1. The van der Waals surface area contributed by atoms with Gasteiger partial charge in [-0.05, 0) is 43.2 Å². The predicted molar refractivity (Wildman–Crippen MR) is 133 cm³/mol. The first-order valence-electron chi connectivity index (χ1n) is 11.5. The van der Waals surface area contributed by atoms with E-state index in [1.54, 1.807) is 42.5 Å². The van der Waals surface area contributed by atoms with Gasteiger partial charge in [0.2, 0.25) is 10.9 Å². The maximum Gasteiger partial charge on any atom is 0.331 e. The van der Waals surface area contributed by atoms with E-state index in [0.717, 1.165) is 14.6 Å². The highest BCUT2D eigenvalue weighted by atomic mass is 32.2. The first-order valence-corrected chi connectivity index (χ1v) is 12.6. The fraction of sp³-hybridized carbons (Fsp3) is 0.333. The largest absolute Gasteiger partial charge is 0.331 e. The monoisotopic (exact) mass is 512 g/mol. The van der Waals surface area contributed by atoms with Crippen molar-refractivity contribution in [1.29, 1.82) is 0 Å². The zero-order chi connectivity index (χ0) is 25.4. The van der Waals surface area contributed by atoms with Crippen molar-refractivity contribution < 1.29 is 12.8 Å². The number of halogens is 1. The molecular weight excluding hydrogens is 487 g/mol. The zero-order valence-corrected chi connectivity index (χ0v) is 20.5. The van der Waals surface area contributed by atoms with Crippen molar-refractivity contribution in [3.8, 4) is 0 Å². The number of benzene rings is 1. The molecule has 0 N–H and O–H groups in total. The lowest BCUT2D eigenvalue weighted by Crippen LogP contribution is -2.41. The van der Waals surface area contributed by atoms with Crippen LogP contribution in [0.4, 0.5) is 10.1 Å². The Morgan fingerprint density at radius 2 is 1.94 bits per heavy atom. The molecule has 1 aliphatic rings. The molecule has 36 heavy (non-hydrogen) atoms. The third-order valence-corrected chi connectivity index (χ3v) is 7.54. The summed E-state index contributed by atoms with van der Waals surface area (Å²) in [5.41, 5.74) is -0.123. The lowest BCUT2D eigenvalue weighted by Gasteiger charge is -2.26. The summed E-state index contributed by atoms with van der Waals surface area (Å²) in [6.07, 6.45) is 6.22. The first-order chi connectivity index (χ1) is 17.3. The van der Waals surface area contributed by atoms with Crippen LogP contribution in [0.1, 0.15) is 24.1 Å². The van der Waals surface area contributed by atoms with Crippen LogP contribution in [-0.2, 0) is 37.4 Å². The van der Waals surface area contributed by atoms with Gasteiger partial charge in [0.25, 0.3) is 5.56 Å². The van der Waals surface area contributed by atoms with Crippen LogP contribution in [-0.4, -0.2) is 44.5 Å². The predicted octanol–water partition coefficient (Wildman–Crippen LogP) is 1.42. The van der Waals surface area contributed by atoms with Crippen molar-refractivity contribution in [2.24, 2.45) is 7.05 Å². The van der Waals surface area contributed by atoms with E-state index in [1.165, 1.54) is 16.7 Å². The molecule has 10 nitrogen and oxygen atoms in total. The van der Waals surface area contributed by atoms with Crippen molar-refractivity contribution in [2.45, 2.75) is 37.9 Å². The molecule has 188 valence electrons. The van der Waals surface area contributed by atoms with Crippen LogP contribution in [0.15, 0.2) is 64.6 Å². The topological polar surface area (TPSA) is 112 Å². The Hall–Kier alpha value is -3.80. The molecule has 1 aromatic carbocycles. The van der Waals surface area contributed by atoms with E-state index in [9.17, 15) is 22.4 Å². The van der Waals surface area contributed by atoms with Gasteiger partial charge in [-0.1, -0.05) is 6.07 Å². The second-order valence-electron chi connectivity index (χ2n) is 9.03. The Bertz CT molecular complexity index is 1610. The van der Waals surface area contributed by atoms with Crippen LogP contribution in [0.25, 0.3) is 10.9 Å². The second kappa shape index (κ2) is 9.34. The van der Waals surface area contributed by atoms with Gasteiger partial charge in [0.1, 0.15) is 6.67 Å². The van der Waals surface area contributed by atoms with Crippen molar-refractivity contribution in [2.75, 3.05) is 11.0 Å². The second-order valence-corrected chi connectivity index (χ2v) is 9.90. The van der Waals surface area contributed by atoms with Crippen LogP contribution in [0.2, 0.25) is 0 Å². The minimum Gasteiger partial charge on any atom is -0.293 e. The van der Waals surface area contributed by atoms with E-state index < -0.39 is 34.4 Å². The van der Waals surface area contributed by atoms with Crippen LogP contribution >= 0.6 is 0 Å². The van der Waals surface area contributed by atoms with Crippen molar-refractivity contribution in [1.82, 2.24) is 23.9 Å². The summed E-state index contributed by atoms with van der Waals surface area (Å²) in [7, 11) is -1.40. The third kappa shape index (κ3) is 4.32. The SMILES string of the molecule is Cn1cc(Cn2c(=O)c3cc(N([SH](=O)=O)C4(CF)CC4)ccc3n(CCc3ccccn3)c2=O)cn1. The number of alkyl halides is 1. The number of pyridine rings is 1. The average molecular weight is 513 g/mol. The maximum absolute atomic E-state index is 13.8. The summed E-state index contributed by atoms with van der Waals surface area (Å²) in [6.45, 7) is -0.556.